The number of rotatable bonds is 5. The van der Waals surface area contributed by atoms with Crippen LogP contribution < -0.4 is 5.43 Å². The Balaban J connectivity index is 1.78. The van der Waals surface area contributed by atoms with Crippen LogP contribution in [0.25, 0.3) is 11.0 Å². The van der Waals surface area contributed by atoms with Gasteiger partial charge in [-0.2, -0.15) is 0 Å². The number of amides is 1. The lowest BCUT2D eigenvalue weighted by atomic mass is 10.1. The van der Waals surface area contributed by atoms with Crippen LogP contribution in [0.4, 0.5) is 4.39 Å². The van der Waals surface area contributed by atoms with E-state index in [9.17, 15) is 14.0 Å². The molecule has 31 heavy (non-hydrogen) atoms. The summed E-state index contributed by atoms with van der Waals surface area (Å²) in [5.41, 5.74) is 1.91. The predicted molar refractivity (Wildman–Crippen MR) is 116 cm³/mol. The first-order valence-electron chi connectivity index (χ1n) is 9.63. The van der Waals surface area contributed by atoms with E-state index in [2.05, 4.69) is 0 Å². The van der Waals surface area contributed by atoms with Gasteiger partial charge in [-0.1, -0.05) is 23.7 Å². The van der Waals surface area contributed by atoms with E-state index in [0.29, 0.717) is 16.7 Å². The van der Waals surface area contributed by atoms with E-state index in [-0.39, 0.29) is 34.9 Å². The first kappa shape index (κ1) is 20.9. The van der Waals surface area contributed by atoms with Crippen LogP contribution in [0.5, 0.6) is 0 Å². The second-order valence-corrected chi connectivity index (χ2v) is 7.71. The fourth-order valence-corrected chi connectivity index (χ4v) is 3.60. The molecule has 0 aliphatic rings. The second kappa shape index (κ2) is 8.40. The van der Waals surface area contributed by atoms with Crippen molar-refractivity contribution in [3.05, 3.63) is 104 Å². The standard InChI is InChI=1S/C24H19ClFNO4/c1-14-8-9-17-21(28)11-22(31-23(17)15(14)2)24(29)27(12-16-5-4-10-30-16)13-18-19(25)6-3-7-20(18)26/h3-11H,12-13H2,1-2H3. The van der Waals surface area contributed by atoms with Crippen LogP contribution in [0.2, 0.25) is 5.02 Å². The lowest BCUT2D eigenvalue weighted by Crippen LogP contribution is -2.31. The minimum Gasteiger partial charge on any atom is -0.467 e. The highest BCUT2D eigenvalue weighted by Gasteiger charge is 2.24. The maximum atomic E-state index is 14.4. The summed E-state index contributed by atoms with van der Waals surface area (Å²) in [6, 6.07) is 12.4. The average molecular weight is 440 g/mol. The van der Waals surface area contributed by atoms with Crippen molar-refractivity contribution in [1.82, 2.24) is 4.90 Å². The van der Waals surface area contributed by atoms with Crippen LogP contribution in [0.3, 0.4) is 0 Å². The fraction of sp³-hybridized carbons (Fsp3) is 0.167. The number of hydrogen-bond donors (Lipinski definition) is 0. The van der Waals surface area contributed by atoms with E-state index in [1.165, 1.54) is 23.3 Å². The predicted octanol–water partition coefficient (Wildman–Crippen LogP) is 5.64. The van der Waals surface area contributed by atoms with Crippen molar-refractivity contribution in [2.75, 3.05) is 0 Å². The molecule has 1 amide bonds. The van der Waals surface area contributed by atoms with E-state index in [0.717, 1.165) is 17.2 Å². The van der Waals surface area contributed by atoms with Crippen LogP contribution in [0.1, 0.15) is 33.0 Å². The van der Waals surface area contributed by atoms with E-state index in [4.69, 9.17) is 20.4 Å². The molecule has 4 rings (SSSR count). The summed E-state index contributed by atoms with van der Waals surface area (Å²) < 4.78 is 25.6. The van der Waals surface area contributed by atoms with Gasteiger partial charge in [0.2, 0.25) is 0 Å². The molecule has 0 aliphatic carbocycles. The molecular formula is C24H19ClFNO4. The Labute approximate surface area is 182 Å². The van der Waals surface area contributed by atoms with Gasteiger partial charge in [0.25, 0.3) is 5.91 Å². The molecule has 2 aromatic carbocycles. The molecule has 0 aliphatic heterocycles. The van der Waals surface area contributed by atoms with Gasteiger partial charge in [0.15, 0.2) is 11.2 Å². The number of nitrogens with zero attached hydrogens (tertiary/aromatic N) is 1. The Bertz CT molecular complexity index is 1310. The van der Waals surface area contributed by atoms with Crippen LogP contribution in [-0.4, -0.2) is 10.8 Å². The highest BCUT2D eigenvalue weighted by molar-refractivity contribution is 6.31. The lowest BCUT2D eigenvalue weighted by Gasteiger charge is -2.22. The Hall–Kier alpha value is -3.38. The SMILES string of the molecule is Cc1ccc2c(=O)cc(C(=O)N(Cc3ccco3)Cc3c(F)cccc3Cl)oc2c1C. The van der Waals surface area contributed by atoms with Gasteiger partial charge >= 0.3 is 0 Å². The molecule has 0 saturated carbocycles. The van der Waals surface area contributed by atoms with Crippen molar-refractivity contribution in [3.63, 3.8) is 0 Å². The number of carbonyl (C=O) groups is 1. The normalized spacial score (nSPS) is 11.1. The van der Waals surface area contributed by atoms with E-state index >= 15 is 0 Å². The van der Waals surface area contributed by atoms with E-state index < -0.39 is 11.7 Å². The molecule has 0 atom stereocenters. The van der Waals surface area contributed by atoms with Crippen molar-refractivity contribution >= 4 is 28.5 Å². The van der Waals surface area contributed by atoms with Crippen LogP contribution in [0.15, 0.2) is 68.4 Å². The number of aryl methyl sites for hydroxylation is 2. The Morgan fingerprint density at radius 1 is 1.10 bits per heavy atom. The monoisotopic (exact) mass is 439 g/mol. The molecule has 2 aromatic heterocycles. The smallest absolute Gasteiger partial charge is 0.290 e. The second-order valence-electron chi connectivity index (χ2n) is 7.30. The molecule has 0 radical (unpaired) electrons. The van der Waals surface area contributed by atoms with Gasteiger partial charge in [-0.15, -0.1) is 0 Å². The number of fused-ring (bicyclic) bond motifs is 1. The lowest BCUT2D eigenvalue weighted by molar-refractivity contribution is 0.0684. The molecule has 5 nitrogen and oxygen atoms in total. The van der Waals surface area contributed by atoms with Crippen LogP contribution in [-0.2, 0) is 13.1 Å². The van der Waals surface area contributed by atoms with Gasteiger partial charge in [0.1, 0.15) is 17.2 Å². The van der Waals surface area contributed by atoms with Crippen molar-refractivity contribution in [2.45, 2.75) is 26.9 Å². The van der Waals surface area contributed by atoms with Crippen molar-refractivity contribution in [1.29, 1.82) is 0 Å². The number of benzene rings is 2. The van der Waals surface area contributed by atoms with Gasteiger partial charge in [-0.25, -0.2) is 4.39 Å². The maximum absolute atomic E-state index is 14.4. The van der Waals surface area contributed by atoms with E-state index in [1.54, 1.807) is 24.3 Å². The van der Waals surface area contributed by atoms with Gasteiger partial charge in [0, 0.05) is 16.7 Å². The third-order valence-electron chi connectivity index (χ3n) is 5.25. The molecule has 2 heterocycles. The first-order valence-corrected chi connectivity index (χ1v) is 10.0. The van der Waals surface area contributed by atoms with Crippen molar-refractivity contribution in [3.8, 4) is 0 Å². The summed E-state index contributed by atoms with van der Waals surface area (Å²) in [6.45, 7) is 3.64. The van der Waals surface area contributed by atoms with E-state index in [1.807, 2.05) is 19.9 Å². The zero-order valence-corrected chi connectivity index (χ0v) is 17.7. The topological polar surface area (TPSA) is 63.7 Å². The highest BCUT2D eigenvalue weighted by atomic mass is 35.5. The minimum atomic E-state index is -0.573. The Kier molecular flexibility index (Phi) is 5.65. The molecule has 7 heteroatoms. The number of furan rings is 1. The maximum Gasteiger partial charge on any atom is 0.290 e. The summed E-state index contributed by atoms with van der Waals surface area (Å²) in [5.74, 6) is -0.743. The third kappa shape index (κ3) is 4.11. The molecule has 158 valence electrons. The first-order chi connectivity index (χ1) is 14.8. The Morgan fingerprint density at radius 3 is 2.61 bits per heavy atom. The minimum absolute atomic E-state index is 0.0467. The number of carbonyl (C=O) groups excluding carboxylic acids is 1. The molecule has 0 bridgehead atoms. The zero-order chi connectivity index (χ0) is 22.1. The molecule has 0 saturated heterocycles. The largest absolute Gasteiger partial charge is 0.467 e. The third-order valence-corrected chi connectivity index (χ3v) is 5.61. The molecule has 0 spiro atoms. The summed E-state index contributed by atoms with van der Waals surface area (Å²) in [5, 5.41) is 0.595. The quantitative estimate of drug-likeness (QED) is 0.404. The summed E-state index contributed by atoms with van der Waals surface area (Å²) >= 11 is 6.17. The molecular weight excluding hydrogens is 421 g/mol. The Morgan fingerprint density at radius 2 is 1.90 bits per heavy atom. The molecule has 0 unspecified atom stereocenters. The van der Waals surface area contributed by atoms with Gasteiger partial charge in [0.05, 0.1) is 24.7 Å². The van der Waals surface area contributed by atoms with Gasteiger partial charge in [-0.05, 0) is 55.3 Å². The van der Waals surface area contributed by atoms with Crippen molar-refractivity contribution in [2.24, 2.45) is 0 Å². The molecule has 0 N–H and O–H groups in total. The summed E-state index contributed by atoms with van der Waals surface area (Å²) in [7, 11) is 0. The van der Waals surface area contributed by atoms with Crippen molar-refractivity contribution < 1.29 is 18.0 Å². The van der Waals surface area contributed by atoms with Gasteiger partial charge in [-0.3, -0.25) is 9.59 Å². The molecule has 0 fully saturated rings. The van der Waals surface area contributed by atoms with Crippen LogP contribution >= 0.6 is 11.6 Å². The summed E-state index contributed by atoms with van der Waals surface area (Å²) in [6.07, 6.45) is 1.48. The fourth-order valence-electron chi connectivity index (χ4n) is 3.38. The van der Waals surface area contributed by atoms with Gasteiger partial charge < -0.3 is 13.7 Å². The highest BCUT2D eigenvalue weighted by Crippen LogP contribution is 2.25. The molecule has 4 aromatic rings. The average Bonchev–Trinajstić information content (AvgIpc) is 3.25. The zero-order valence-electron chi connectivity index (χ0n) is 16.9. The number of halogens is 2. The number of hydrogen-bond acceptors (Lipinski definition) is 4. The van der Waals surface area contributed by atoms with Crippen LogP contribution in [0, 0.1) is 19.7 Å². The summed E-state index contributed by atoms with van der Waals surface area (Å²) in [4.78, 5) is 27.4.